The minimum Gasteiger partial charge on any atom is -0.487 e. The lowest BCUT2D eigenvalue weighted by Crippen LogP contribution is -1.95. The van der Waals surface area contributed by atoms with E-state index >= 15 is 0 Å². The second-order valence-corrected chi connectivity index (χ2v) is 4.00. The second-order valence-electron chi connectivity index (χ2n) is 4.00. The topological polar surface area (TPSA) is 44.5 Å². The summed E-state index contributed by atoms with van der Waals surface area (Å²) in [5.74, 6) is 1.54. The Morgan fingerprint density at radius 3 is 2.61 bits per heavy atom. The van der Waals surface area contributed by atoms with Gasteiger partial charge in [-0.3, -0.25) is 0 Å². The summed E-state index contributed by atoms with van der Waals surface area (Å²) in [6.07, 6.45) is 1.03. The van der Waals surface area contributed by atoms with E-state index < -0.39 is 0 Å². The summed E-state index contributed by atoms with van der Waals surface area (Å²) in [5, 5.41) is 3.90. The summed E-state index contributed by atoms with van der Waals surface area (Å²) in [4.78, 5) is 0. The van der Waals surface area contributed by atoms with Gasteiger partial charge >= 0.3 is 0 Å². The van der Waals surface area contributed by atoms with E-state index in [1.807, 2.05) is 18.2 Å². The Bertz CT molecular complexity index is 476. The van der Waals surface area contributed by atoms with Gasteiger partial charge in [0.05, 0.1) is 0 Å². The summed E-state index contributed by atoms with van der Waals surface area (Å²) in [6.45, 7) is 2.96. The van der Waals surface area contributed by atoms with Gasteiger partial charge in [0.15, 0.2) is 5.76 Å². The molecule has 1 aromatic heterocycles. The summed E-state index contributed by atoms with van der Waals surface area (Å²) in [6, 6.07) is 9.90. The van der Waals surface area contributed by atoms with Crippen LogP contribution >= 0.6 is 0 Å². The van der Waals surface area contributed by atoms with Crippen LogP contribution in [0.1, 0.15) is 23.9 Å². The minimum absolute atomic E-state index is 0.401. The average molecular weight is 247 g/mol. The molecule has 0 atom stereocenters. The van der Waals surface area contributed by atoms with E-state index in [2.05, 4.69) is 24.2 Å². The lowest BCUT2D eigenvalue weighted by atomic mass is 10.2. The van der Waals surface area contributed by atoms with Gasteiger partial charge < -0.3 is 14.0 Å². The molecule has 0 saturated heterocycles. The highest BCUT2D eigenvalue weighted by Crippen LogP contribution is 2.14. The first kappa shape index (κ1) is 12.6. The first-order chi connectivity index (χ1) is 8.81. The number of benzene rings is 1. The highest BCUT2D eigenvalue weighted by atomic mass is 16.5. The highest BCUT2D eigenvalue weighted by molar-refractivity contribution is 5.27. The number of hydrogen-bond acceptors (Lipinski definition) is 4. The van der Waals surface area contributed by atoms with Gasteiger partial charge in [-0.1, -0.05) is 24.2 Å². The maximum absolute atomic E-state index is 5.62. The van der Waals surface area contributed by atoms with E-state index in [1.165, 1.54) is 5.56 Å². The molecule has 0 radical (unpaired) electrons. The van der Waals surface area contributed by atoms with Crippen molar-refractivity contribution in [2.24, 2.45) is 0 Å². The summed E-state index contributed by atoms with van der Waals surface area (Å²) in [5.41, 5.74) is 2.06. The van der Waals surface area contributed by atoms with Gasteiger partial charge in [0.25, 0.3) is 0 Å². The molecule has 0 bridgehead atoms. The molecule has 96 valence electrons. The molecule has 0 spiro atoms. The van der Waals surface area contributed by atoms with Crippen LogP contribution in [0.4, 0.5) is 0 Å². The smallest absolute Gasteiger partial charge is 0.162 e. The molecule has 0 saturated carbocycles. The number of methoxy groups -OCH3 is 1. The van der Waals surface area contributed by atoms with Crippen LogP contribution in [0.3, 0.4) is 0 Å². The molecule has 0 unspecified atom stereocenters. The number of aromatic nitrogens is 1. The van der Waals surface area contributed by atoms with Crippen molar-refractivity contribution in [3.63, 3.8) is 0 Å². The molecule has 18 heavy (non-hydrogen) atoms. The van der Waals surface area contributed by atoms with E-state index in [-0.39, 0.29) is 0 Å². The average Bonchev–Trinajstić information content (AvgIpc) is 2.85. The third-order valence-electron chi connectivity index (χ3n) is 2.61. The number of nitrogens with zero attached hydrogens (tertiary/aromatic N) is 1. The molecular formula is C14H17NO3. The van der Waals surface area contributed by atoms with E-state index in [0.29, 0.717) is 19.0 Å². The van der Waals surface area contributed by atoms with Gasteiger partial charge in [0, 0.05) is 13.2 Å². The molecule has 0 aliphatic carbocycles. The van der Waals surface area contributed by atoms with Crippen LogP contribution in [-0.4, -0.2) is 12.3 Å². The van der Waals surface area contributed by atoms with Crippen molar-refractivity contribution in [3.8, 4) is 5.75 Å². The predicted molar refractivity (Wildman–Crippen MR) is 67.4 cm³/mol. The second kappa shape index (κ2) is 6.21. The molecule has 4 heteroatoms. The zero-order valence-electron chi connectivity index (χ0n) is 10.7. The lowest BCUT2D eigenvalue weighted by molar-refractivity contribution is 0.155. The SMILES string of the molecule is CCc1ccc(OCc2cc(COC)on2)cc1. The fourth-order valence-electron chi connectivity index (χ4n) is 1.61. The summed E-state index contributed by atoms with van der Waals surface area (Å²) < 4.78 is 15.6. The molecular weight excluding hydrogens is 230 g/mol. The third-order valence-corrected chi connectivity index (χ3v) is 2.61. The molecule has 2 aromatic rings. The highest BCUT2D eigenvalue weighted by Gasteiger charge is 2.04. The molecule has 0 amide bonds. The lowest BCUT2D eigenvalue weighted by Gasteiger charge is -2.04. The zero-order valence-corrected chi connectivity index (χ0v) is 10.7. The normalized spacial score (nSPS) is 10.6. The van der Waals surface area contributed by atoms with Crippen LogP contribution in [0.15, 0.2) is 34.9 Å². The molecule has 1 heterocycles. The molecule has 2 rings (SSSR count). The van der Waals surface area contributed by atoms with Crippen molar-refractivity contribution in [1.29, 1.82) is 0 Å². The molecule has 0 N–H and O–H groups in total. The monoisotopic (exact) mass is 247 g/mol. The summed E-state index contributed by atoms with van der Waals surface area (Å²) >= 11 is 0. The predicted octanol–water partition coefficient (Wildman–Crippen LogP) is 2.96. The Morgan fingerprint density at radius 1 is 1.17 bits per heavy atom. The number of aryl methyl sites for hydroxylation is 1. The van der Waals surface area contributed by atoms with Crippen molar-refractivity contribution >= 4 is 0 Å². The van der Waals surface area contributed by atoms with Crippen molar-refractivity contribution in [2.45, 2.75) is 26.6 Å². The van der Waals surface area contributed by atoms with Crippen molar-refractivity contribution in [2.75, 3.05) is 7.11 Å². The van der Waals surface area contributed by atoms with Gasteiger partial charge in [-0.25, -0.2) is 0 Å². The van der Waals surface area contributed by atoms with Gasteiger partial charge in [0.2, 0.25) is 0 Å². The Morgan fingerprint density at radius 2 is 1.94 bits per heavy atom. The molecule has 0 fully saturated rings. The third kappa shape index (κ3) is 3.34. The van der Waals surface area contributed by atoms with Crippen LogP contribution in [0.25, 0.3) is 0 Å². The first-order valence-electron chi connectivity index (χ1n) is 5.97. The van der Waals surface area contributed by atoms with Crippen LogP contribution in [0.5, 0.6) is 5.75 Å². The zero-order chi connectivity index (χ0) is 12.8. The Kier molecular flexibility index (Phi) is 4.36. The maximum Gasteiger partial charge on any atom is 0.162 e. The fraction of sp³-hybridized carbons (Fsp3) is 0.357. The van der Waals surface area contributed by atoms with Crippen molar-refractivity contribution < 1.29 is 14.0 Å². The maximum atomic E-state index is 5.62. The van der Waals surface area contributed by atoms with E-state index in [1.54, 1.807) is 7.11 Å². The van der Waals surface area contributed by atoms with Gasteiger partial charge in [-0.05, 0) is 24.1 Å². The van der Waals surface area contributed by atoms with E-state index in [4.69, 9.17) is 14.0 Å². The molecule has 4 nitrogen and oxygen atoms in total. The van der Waals surface area contributed by atoms with E-state index in [9.17, 15) is 0 Å². The van der Waals surface area contributed by atoms with E-state index in [0.717, 1.165) is 17.9 Å². The molecule has 1 aromatic carbocycles. The quantitative estimate of drug-likeness (QED) is 0.787. The largest absolute Gasteiger partial charge is 0.487 e. The van der Waals surface area contributed by atoms with Crippen LogP contribution in [0, 0.1) is 0 Å². The summed E-state index contributed by atoms with van der Waals surface area (Å²) in [7, 11) is 1.62. The molecule has 0 aliphatic rings. The van der Waals surface area contributed by atoms with Crippen LogP contribution in [0.2, 0.25) is 0 Å². The minimum atomic E-state index is 0.401. The number of ether oxygens (including phenoxy) is 2. The molecule has 0 aliphatic heterocycles. The Hall–Kier alpha value is -1.81. The van der Waals surface area contributed by atoms with Crippen LogP contribution < -0.4 is 4.74 Å². The van der Waals surface area contributed by atoms with Gasteiger partial charge in [0.1, 0.15) is 24.7 Å². The number of rotatable bonds is 6. The Balaban J connectivity index is 1.89. The van der Waals surface area contributed by atoms with Crippen LogP contribution in [-0.2, 0) is 24.4 Å². The fourth-order valence-corrected chi connectivity index (χ4v) is 1.61. The van der Waals surface area contributed by atoms with Crippen molar-refractivity contribution in [1.82, 2.24) is 5.16 Å². The van der Waals surface area contributed by atoms with Gasteiger partial charge in [-0.15, -0.1) is 0 Å². The standard InChI is InChI=1S/C14H17NO3/c1-3-11-4-6-13(7-5-11)17-9-12-8-14(10-16-2)18-15-12/h4-8H,3,9-10H2,1-2H3. The van der Waals surface area contributed by atoms with Gasteiger partial charge in [-0.2, -0.15) is 0 Å². The number of hydrogen-bond donors (Lipinski definition) is 0. The Labute approximate surface area is 107 Å². The first-order valence-corrected chi connectivity index (χ1v) is 5.97. The van der Waals surface area contributed by atoms with Crippen molar-refractivity contribution in [3.05, 3.63) is 47.3 Å².